The quantitative estimate of drug-likeness (QED) is 0.939. The van der Waals surface area contributed by atoms with Crippen LogP contribution >= 0.6 is 11.5 Å². The summed E-state index contributed by atoms with van der Waals surface area (Å²) in [6.07, 6.45) is 2.82. The Kier molecular flexibility index (Phi) is 3.91. The number of nitrogens with zero attached hydrogens (tertiary/aromatic N) is 3. The maximum atomic E-state index is 13.9. The topological polar surface area (TPSA) is 50.7 Å². The van der Waals surface area contributed by atoms with Crippen LogP contribution in [-0.2, 0) is 5.41 Å². The second kappa shape index (κ2) is 5.30. The molecule has 0 aliphatic carbocycles. The molecule has 19 heavy (non-hydrogen) atoms. The van der Waals surface area contributed by atoms with Gasteiger partial charge in [-0.15, -0.1) is 5.10 Å². The van der Waals surface area contributed by atoms with Crippen molar-refractivity contribution in [2.75, 3.05) is 7.05 Å². The van der Waals surface area contributed by atoms with Crippen molar-refractivity contribution in [2.24, 2.45) is 0 Å². The summed E-state index contributed by atoms with van der Waals surface area (Å²) in [6, 6.07) is 1.43. The number of halogens is 1. The molecule has 0 bridgehead atoms. The molecule has 1 atom stereocenters. The summed E-state index contributed by atoms with van der Waals surface area (Å²) in [7, 11) is 1.80. The molecule has 1 unspecified atom stereocenters. The smallest absolute Gasteiger partial charge is 0.146 e. The van der Waals surface area contributed by atoms with Crippen molar-refractivity contribution >= 4 is 11.5 Å². The van der Waals surface area contributed by atoms with Crippen LogP contribution in [0.1, 0.15) is 42.9 Å². The molecule has 0 saturated heterocycles. The normalized spacial score (nSPS) is 13.5. The minimum Gasteiger partial charge on any atom is -0.308 e. The first-order chi connectivity index (χ1) is 8.95. The first kappa shape index (κ1) is 14.0. The third-order valence-corrected chi connectivity index (χ3v) is 3.68. The first-order valence-corrected chi connectivity index (χ1v) is 6.82. The van der Waals surface area contributed by atoms with Gasteiger partial charge in [-0.25, -0.2) is 4.39 Å². The zero-order chi connectivity index (χ0) is 14.0. The molecule has 1 N–H and O–H groups in total. The van der Waals surface area contributed by atoms with E-state index in [1.54, 1.807) is 19.3 Å². The molecule has 0 aliphatic rings. The van der Waals surface area contributed by atoms with Gasteiger partial charge in [0, 0.05) is 17.2 Å². The molecule has 0 fully saturated rings. The molecule has 2 aromatic heterocycles. The molecule has 0 radical (unpaired) electrons. The van der Waals surface area contributed by atoms with Gasteiger partial charge in [0.05, 0.1) is 22.8 Å². The van der Waals surface area contributed by atoms with Crippen LogP contribution in [0, 0.1) is 5.82 Å². The van der Waals surface area contributed by atoms with E-state index >= 15 is 0 Å². The zero-order valence-electron chi connectivity index (χ0n) is 11.4. The standard InChI is InChI=1S/C13H17FN4S/c1-13(2,3)12-11(19-18-17-12)10(15-4)8-5-6-16-7-9(8)14/h5-7,10,15H,1-4H3. The van der Waals surface area contributed by atoms with Gasteiger partial charge in [0.1, 0.15) is 5.82 Å². The van der Waals surface area contributed by atoms with Crippen LogP contribution in [0.5, 0.6) is 0 Å². The van der Waals surface area contributed by atoms with Gasteiger partial charge in [-0.1, -0.05) is 25.3 Å². The minimum atomic E-state index is -0.324. The number of nitrogens with one attached hydrogen (secondary N) is 1. The molecule has 2 rings (SSSR count). The fourth-order valence-electron chi connectivity index (χ4n) is 1.95. The second-order valence-corrected chi connectivity index (χ2v) is 6.14. The molecule has 6 heteroatoms. The van der Waals surface area contributed by atoms with E-state index in [1.807, 2.05) is 0 Å². The van der Waals surface area contributed by atoms with Gasteiger partial charge in [0.2, 0.25) is 0 Å². The third-order valence-electron chi connectivity index (χ3n) is 2.89. The highest BCUT2D eigenvalue weighted by Crippen LogP contribution is 2.33. The van der Waals surface area contributed by atoms with Crippen LogP contribution in [0.3, 0.4) is 0 Å². The van der Waals surface area contributed by atoms with Crippen molar-refractivity contribution in [1.82, 2.24) is 19.9 Å². The van der Waals surface area contributed by atoms with E-state index in [0.29, 0.717) is 5.56 Å². The maximum Gasteiger partial charge on any atom is 0.146 e. The van der Waals surface area contributed by atoms with Crippen molar-refractivity contribution in [3.05, 3.63) is 40.4 Å². The zero-order valence-corrected chi connectivity index (χ0v) is 12.3. The Hall–Kier alpha value is -1.40. The van der Waals surface area contributed by atoms with Gasteiger partial charge in [0.25, 0.3) is 0 Å². The second-order valence-electron chi connectivity index (χ2n) is 5.35. The fraction of sp³-hybridized carbons (Fsp3) is 0.462. The van der Waals surface area contributed by atoms with E-state index in [9.17, 15) is 4.39 Å². The average molecular weight is 280 g/mol. The average Bonchev–Trinajstić information content (AvgIpc) is 2.81. The predicted octanol–water partition coefficient (Wildman–Crippen LogP) is 2.68. The van der Waals surface area contributed by atoms with Gasteiger partial charge in [-0.2, -0.15) is 0 Å². The van der Waals surface area contributed by atoms with Gasteiger partial charge in [-0.05, 0) is 24.6 Å². The van der Waals surface area contributed by atoms with Crippen LogP contribution < -0.4 is 5.32 Å². The highest BCUT2D eigenvalue weighted by Gasteiger charge is 2.28. The summed E-state index contributed by atoms with van der Waals surface area (Å²) in [5.74, 6) is -0.324. The lowest BCUT2D eigenvalue weighted by Gasteiger charge is -2.21. The van der Waals surface area contributed by atoms with Crippen molar-refractivity contribution in [1.29, 1.82) is 0 Å². The Morgan fingerprint density at radius 1 is 1.37 bits per heavy atom. The van der Waals surface area contributed by atoms with Crippen LogP contribution in [0.15, 0.2) is 18.5 Å². The number of hydrogen-bond donors (Lipinski definition) is 1. The van der Waals surface area contributed by atoms with E-state index in [-0.39, 0.29) is 17.3 Å². The molecule has 0 aliphatic heterocycles. The highest BCUT2D eigenvalue weighted by atomic mass is 32.1. The van der Waals surface area contributed by atoms with Crippen molar-refractivity contribution < 1.29 is 4.39 Å². The SMILES string of the molecule is CNC(c1ccncc1F)c1snnc1C(C)(C)C. The van der Waals surface area contributed by atoms with Crippen molar-refractivity contribution in [3.63, 3.8) is 0 Å². The van der Waals surface area contributed by atoms with Crippen LogP contribution in [-0.4, -0.2) is 21.6 Å². The molecule has 4 nitrogen and oxygen atoms in total. The fourth-order valence-corrected chi connectivity index (χ4v) is 2.95. The number of rotatable bonds is 3. The van der Waals surface area contributed by atoms with Crippen LogP contribution in [0.25, 0.3) is 0 Å². The summed E-state index contributed by atoms with van der Waals surface area (Å²) < 4.78 is 17.9. The molecule has 0 amide bonds. The summed E-state index contributed by atoms with van der Waals surface area (Å²) >= 11 is 1.30. The first-order valence-electron chi connectivity index (χ1n) is 6.04. The molecule has 2 aromatic rings. The van der Waals surface area contributed by atoms with Gasteiger partial charge < -0.3 is 5.32 Å². The lowest BCUT2D eigenvalue weighted by atomic mass is 9.89. The number of hydrogen-bond acceptors (Lipinski definition) is 5. The lowest BCUT2D eigenvalue weighted by molar-refractivity contribution is 0.537. The highest BCUT2D eigenvalue weighted by molar-refractivity contribution is 7.05. The van der Waals surface area contributed by atoms with E-state index in [4.69, 9.17) is 0 Å². The minimum absolute atomic E-state index is 0.124. The largest absolute Gasteiger partial charge is 0.308 e. The van der Waals surface area contributed by atoms with Crippen molar-refractivity contribution in [2.45, 2.75) is 32.2 Å². The maximum absolute atomic E-state index is 13.9. The summed E-state index contributed by atoms with van der Waals surface area (Å²) in [5.41, 5.74) is 1.34. The summed E-state index contributed by atoms with van der Waals surface area (Å²) in [5, 5.41) is 7.34. The summed E-state index contributed by atoms with van der Waals surface area (Å²) in [6.45, 7) is 6.22. The van der Waals surface area contributed by atoms with Crippen molar-refractivity contribution in [3.8, 4) is 0 Å². The van der Waals surface area contributed by atoms with E-state index in [1.165, 1.54) is 17.7 Å². The van der Waals surface area contributed by atoms with Gasteiger partial charge >= 0.3 is 0 Å². The Morgan fingerprint density at radius 2 is 2.11 bits per heavy atom. The molecule has 0 saturated carbocycles. The summed E-state index contributed by atoms with van der Waals surface area (Å²) in [4.78, 5) is 4.73. The molecule has 0 aromatic carbocycles. The Bertz CT molecular complexity index is 562. The molecular weight excluding hydrogens is 263 g/mol. The van der Waals surface area contributed by atoms with Gasteiger partial charge in [-0.3, -0.25) is 4.98 Å². The van der Waals surface area contributed by atoms with E-state index < -0.39 is 0 Å². The number of aromatic nitrogens is 3. The number of pyridine rings is 1. The molecule has 2 heterocycles. The molecule has 102 valence electrons. The Morgan fingerprint density at radius 3 is 2.68 bits per heavy atom. The monoisotopic (exact) mass is 280 g/mol. The predicted molar refractivity (Wildman–Crippen MR) is 73.7 cm³/mol. The Balaban J connectivity index is 2.50. The van der Waals surface area contributed by atoms with Crippen LogP contribution in [0.2, 0.25) is 0 Å². The lowest BCUT2D eigenvalue weighted by Crippen LogP contribution is -2.23. The van der Waals surface area contributed by atoms with Crippen LogP contribution in [0.4, 0.5) is 4.39 Å². The third kappa shape index (κ3) is 2.79. The molecular formula is C13H17FN4S. The van der Waals surface area contributed by atoms with E-state index in [0.717, 1.165) is 10.6 Å². The molecule has 0 spiro atoms. The van der Waals surface area contributed by atoms with Gasteiger partial charge in [0.15, 0.2) is 0 Å². The Labute approximate surface area is 116 Å². The van der Waals surface area contributed by atoms with E-state index in [2.05, 4.69) is 40.7 Å².